The van der Waals surface area contributed by atoms with E-state index in [-0.39, 0.29) is 6.04 Å². The molecule has 0 amide bonds. The van der Waals surface area contributed by atoms with Crippen molar-refractivity contribution in [1.82, 2.24) is 0 Å². The van der Waals surface area contributed by atoms with Crippen LogP contribution in [0, 0.1) is 6.92 Å². The van der Waals surface area contributed by atoms with Crippen LogP contribution in [0.15, 0.2) is 33.4 Å². The summed E-state index contributed by atoms with van der Waals surface area (Å²) in [7, 11) is 0. The van der Waals surface area contributed by atoms with E-state index in [1.807, 2.05) is 25.1 Å². The Morgan fingerprint density at radius 2 is 2.11 bits per heavy atom. The molecule has 1 heterocycles. The van der Waals surface area contributed by atoms with Crippen LogP contribution in [0.3, 0.4) is 0 Å². The number of thiophene rings is 1. The van der Waals surface area contributed by atoms with Crippen molar-refractivity contribution in [2.24, 2.45) is 5.73 Å². The molecule has 1 aromatic heterocycles. The van der Waals surface area contributed by atoms with E-state index in [2.05, 4.69) is 33.6 Å². The van der Waals surface area contributed by atoms with Gasteiger partial charge in [0, 0.05) is 4.47 Å². The second-order valence-electron chi connectivity index (χ2n) is 4.10. The third-order valence-electron chi connectivity index (χ3n) is 2.85. The summed E-state index contributed by atoms with van der Waals surface area (Å²) in [5.41, 5.74) is 9.83. The van der Waals surface area contributed by atoms with Crippen molar-refractivity contribution in [3.05, 3.63) is 50.1 Å². The van der Waals surface area contributed by atoms with Crippen LogP contribution in [0.25, 0.3) is 0 Å². The smallest absolute Gasteiger partial charge is 0.120 e. The first kappa shape index (κ1) is 13.6. The summed E-state index contributed by atoms with van der Waals surface area (Å²) in [6, 6.07) is 5.86. The number of aryl methyl sites for hydroxylation is 1. The minimum absolute atomic E-state index is 0.0960. The molecule has 0 aliphatic carbocycles. The molecule has 18 heavy (non-hydrogen) atoms. The topological polar surface area (TPSA) is 35.2 Å². The van der Waals surface area contributed by atoms with Gasteiger partial charge < -0.3 is 10.5 Å². The summed E-state index contributed by atoms with van der Waals surface area (Å²) in [6.07, 6.45) is 0. The molecule has 0 fully saturated rings. The molecular formula is C14H16BrNOS. The SMILES string of the molecule is CCOc1ccc(C(N)c2cscc2C)c(Br)c1. The van der Waals surface area contributed by atoms with Crippen LogP contribution in [0.5, 0.6) is 5.75 Å². The third kappa shape index (κ3) is 2.76. The highest BCUT2D eigenvalue weighted by Crippen LogP contribution is 2.32. The van der Waals surface area contributed by atoms with E-state index in [1.165, 1.54) is 11.1 Å². The molecule has 0 radical (unpaired) electrons. The minimum Gasteiger partial charge on any atom is -0.494 e. The lowest BCUT2D eigenvalue weighted by molar-refractivity contribution is 0.340. The number of ether oxygens (including phenoxy) is 1. The van der Waals surface area contributed by atoms with E-state index in [4.69, 9.17) is 10.5 Å². The van der Waals surface area contributed by atoms with Crippen LogP contribution < -0.4 is 10.5 Å². The monoisotopic (exact) mass is 325 g/mol. The van der Waals surface area contributed by atoms with Crippen LogP contribution in [0.4, 0.5) is 0 Å². The number of halogens is 1. The van der Waals surface area contributed by atoms with Gasteiger partial charge in [-0.1, -0.05) is 22.0 Å². The minimum atomic E-state index is -0.0960. The molecule has 2 nitrogen and oxygen atoms in total. The lowest BCUT2D eigenvalue weighted by Crippen LogP contribution is -2.12. The van der Waals surface area contributed by atoms with Crippen molar-refractivity contribution >= 4 is 27.3 Å². The van der Waals surface area contributed by atoms with Crippen LogP contribution >= 0.6 is 27.3 Å². The summed E-state index contributed by atoms with van der Waals surface area (Å²) in [4.78, 5) is 0. The van der Waals surface area contributed by atoms with Crippen molar-refractivity contribution < 1.29 is 4.74 Å². The van der Waals surface area contributed by atoms with Crippen LogP contribution in [-0.2, 0) is 0 Å². The van der Waals surface area contributed by atoms with Gasteiger partial charge in [0.25, 0.3) is 0 Å². The highest BCUT2D eigenvalue weighted by molar-refractivity contribution is 9.10. The zero-order valence-corrected chi connectivity index (χ0v) is 12.8. The zero-order valence-electron chi connectivity index (χ0n) is 10.4. The van der Waals surface area contributed by atoms with Gasteiger partial charge in [0.1, 0.15) is 5.75 Å². The van der Waals surface area contributed by atoms with Crippen molar-refractivity contribution in [3.63, 3.8) is 0 Å². The fourth-order valence-corrected chi connectivity index (χ4v) is 3.36. The number of hydrogen-bond donors (Lipinski definition) is 1. The fourth-order valence-electron chi connectivity index (χ4n) is 1.87. The highest BCUT2D eigenvalue weighted by atomic mass is 79.9. The molecule has 0 bridgehead atoms. The average molecular weight is 326 g/mol. The molecule has 2 rings (SSSR count). The van der Waals surface area contributed by atoms with Gasteiger partial charge in [-0.3, -0.25) is 0 Å². The number of rotatable bonds is 4. The predicted octanol–water partition coefficient (Wildman–Crippen LogP) is 4.27. The molecule has 2 aromatic rings. The molecule has 1 unspecified atom stereocenters. The number of benzene rings is 1. The van der Waals surface area contributed by atoms with Crippen LogP contribution in [-0.4, -0.2) is 6.61 Å². The predicted molar refractivity (Wildman–Crippen MR) is 80.4 cm³/mol. The van der Waals surface area contributed by atoms with Crippen LogP contribution in [0.2, 0.25) is 0 Å². The first-order chi connectivity index (χ1) is 8.63. The molecule has 1 aromatic carbocycles. The Balaban J connectivity index is 2.31. The first-order valence-electron chi connectivity index (χ1n) is 5.84. The van der Waals surface area contributed by atoms with E-state index in [0.29, 0.717) is 6.61 Å². The van der Waals surface area contributed by atoms with Gasteiger partial charge in [0.05, 0.1) is 12.6 Å². The van der Waals surface area contributed by atoms with Gasteiger partial charge in [0.15, 0.2) is 0 Å². The molecule has 0 saturated carbocycles. The van der Waals surface area contributed by atoms with E-state index in [9.17, 15) is 0 Å². The molecular weight excluding hydrogens is 310 g/mol. The summed E-state index contributed by atoms with van der Waals surface area (Å²) < 4.78 is 6.46. The Kier molecular flexibility index (Phi) is 4.43. The Hall–Kier alpha value is -0.840. The highest BCUT2D eigenvalue weighted by Gasteiger charge is 2.15. The number of hydrogen-bond acceptors (Lipinski definition) is 3. The second kappa shape index (κ2) is 5.87. The maximum absolute atomic E-state index is 6.32. The van der Waals surface area contributed by atoms with Gasteiger partial charge in [-0.15, -0.1) is 0 Å². The summed E-state index contributed by atoms with van der Waals surface area (Å²) in [5.74, 6) is 0.863. The average Bonchev–Trinajstić information content (AvgIpc) is 2.75. The number of nitrogens with two attached hydrogens (primary N) is 1. The molecule has 0 aliphatic rings. The molecule has 0 saturated heterocycles. The van der Waals surface area contributed by atoms with E-state index in [0.717, 1.165) is 15.8 Å². The first-order valence-corrected chi connectivity index (χ1v) is 7.57. The standard InChI is InChI=1S/C14H16BrNOS/c1-3-17-10-4-5-11(13(15)6-10)14(16)12-8-18-7-9(12)2/h4-8,14H,3,16H2,1-2H3. The Morgan fingerprint density at radius 3 is 2.67 bits per heavy atom. The van der Waals surface area contributed by atoms with Gasteiger partial charge >= 0.3 is 0 Å². The van der Waals surface area contributed by atoms with Crippen molar-refractivity contribution in [1.29, 1.82) is 0 Å². The zero-order chi connectivity index (χ0) is 13.1. The Morgan fingerprint density at radius 1 is 1.33 bits per heavy atom. The van der Waals surface area contributed by atoms with Crippen LogP contribution in [0.1, 0.15) is 29.7 Å². The van der Waals surface area contributed by atoms with Crippen molar-refractivity contribution in [2.75, 3.05) is 6.61 Å². The molecule has 2 N–H and O–H groups in total. The summed E-state index contributed by atoms with van der Waals surface area (Å²) in [6.45, 7) is 4.73. The maximum atomic E-state index is 6.32. The second-order valence-corrected chi connectivity index (χ2v) is 5.70. The Labute approximate surface area is 120 Å². The largest absolute Gasteiger partial charge is 0.494 e. The molecule has 96 valence electrons. The summed E-state index contributed by atoms with van der Waals surface area (Å²) in [5, 5.41) is 4.24. The fraction of sp³-hybridized carbons (Fsp3) is 0.286. The van der Waals surface area contributed by atoms with E-state index < -0.39 is 0 Å². The molecule has 0 aliphatic heterocycles. The van der Waals surface area contributed by atoms with Gasteiger partial charge in [-0.2, -0.15) is 11.3 Å². The van der Waals surface area contributed by atoms with E-state index in [1.54, 1.807) is 11.3 Å². The quantitative estimate of drug-likeness (QED) is 0.911. The lowest BCUT2D eigenvalue weighted by Gasteiger charge is -2.15. The molecule has 4 heteroatoms. The lowest BCUT2D eigenvalue weighted by atomic mass is 9.99. The van der Waals surface area contributed by atoms with Crippen molar-refractivity contribution in [3.8, 4) is 5.75 Å². The van der Waals surface area contributed by atoms with Gasteiger partial charge in [-0.25, -0.2) is 0 Å². The van der Waals surface area contributed by atoms with Gasteiger partial charge in [0.2, 0.25) is 0 Å². The third-order valence-corrected chi connectivity index (χ3v) is 4.41. The normalized spacial score (nSPS) is 12.4. The maximum Gasteiger partial charge on any atom is 0.120 e. The molecule has 0 spiro atoms. The molecule has 1 atom stereocenters. The van der Waals surface area contributed by atoms with Gasteiger partial charge in [-0.05, 0) is 53.4 Å². The van der Waals surface area contributed by atoms with Crippen molar-refractivity contribution in [2.45, 2.75) is 19.9 Å². The summed E-state index contributed by atoms with van der Waals surface area (Å²) >= 11 is 5.26. The van der Waals surface area contributed by atoms with E-state index >= 15 is 0 Å². The Bertz CT molecular complexity index is 538.